The number of benzene rings is 2. The molecule has 0 heterocycles. The number of carbonyl (C=O) groups is 1. The second-order valence-corrected chi connectivity index (χ2v) is 4.96. The molecule has 1 unspecified atom stereocenters. The van der Waals surface area contributed by atoms with Gasteiger partial charge in [0.15, 0.2) is 0 Å². The van der Waals surface area contributed by atoms with E-state index in [9.17, 15) is 9.18 Å². The van der Waals surface area contributed by atoms with Gasteiger partial charge >= 0.3 is 5.97 Å². The van der Waals surface area contributed by atoms with E-state index in [1.54, 1.807) is 30.3 Å². The number of aryl methyl sites for hydroxylation is 1. The Morgan fingerprint density at radius 1 is 1.29 bits per heavy atom. The Balaban J connectivity index is 2.27. The third-order valence-corrected chi connectivity index (χ3v) is 3.49. The van der Waals surface area contributed by atoms with E-state index < -0.39 is 5.97 Å². The molecule has 2 aromatic rings. The smallest absolute Gasteiger partial charge is 0.335 e. The molecule has 3 nitrogen and oxygen atoms in total. The molecule has 0 aliphatic rings. The topological polar surface area (TPSA) is 49.3 Å². The van der Waals surface area contributed by atoms with Gasteiger partial charge in [0.05, 0.1) is 11.6 Å². The minimum atomic E-state index is -0.953. The van der Waals surface area contributed by atoms with Gasteiger partial charge in [0.1, 0.15) is 5.82 Å². The van der Waals surface area contributed by atoms with Gasteiger partial charge in [-0.1, -0.05) is 25.1 Å². The maximum Gasteiger partial charge on any atom is 0.335 e. The molecule has 0 aromatic heterocycles. The molecule has 0 fully saturated rings. The van der Waals surface area contributed by atoms with Crippen LogP contribution in [0.25, 0.3) is 0 Å². The van der Waals surface area contributed by atoms with E-state index in [2.05, 4.69) is 5.32 Å². The Labute approximate surface area is 123 Å². The van der Waals surface area contributed by atoms with Crippen LogP contribution in [0.15, 0.2) is 42.5 Å². The summed E-state index contributed by atoms with van der Waals surface area (Å²) in [7, 11) is 0. The average molecular weight is 287 g/mol. The van der Waals surface area contributed by atoms with Gasteiger partial charge in [-0.05, 0) is 43.2 Å². The SMILES string of the molecule is CCC(Nc1ccc(C(=O)O)cc1C)c1ccccc1F. The Morgan fingerprint density at radius 3 is 2.57 bits per heavy atom. The molecule has 21 heavy (non-hydrogen) atoms. The fourth-order valence-electron chi connectivity index (χ4n) is 2.30. The summed E-state index contributed by atoms with van der Waals surface area (Å²) in [6.45, 7) is 3.81. The molecule has 1 atom stereocenters. The van der Waals surface area contributed by atoms with Crippen LogP contribution in [0.5, 0.6) is 0 Å². The zero-order valence-corrected chi connectivity index (χ0v) is 12.1. The Hall–Kier alpha value is -2.36. The van der Waals surface area contributed by atoms with Crippen molar-refractivity contribution >= 4 is 11.7 Å². The first-order valence-electron chi connectivity index (χ1n) is 6.87. The van der Waals surface area contributed by atoms with E-state index in [-0.39, 0.29) is 17.4 Å². The summed E-state index contributed by atoms with van der Waals surface area (Å²) in [4.78, 5) is 10.9. The van der Waals surface area contributed by atoms with Crippen LogP contribution in [0, 0.1) is 12.7 Å². The summed E-state index contributed by atoms with van der Waals surface area (Å²) in [5.74, 6) is -1.19. The summed E-state index contributed by atoms with van der Waals surface area (Å²) in [5, 5.41) is 12.3. The van der Waals surface area contributed by atoms with E-state index in [1.165, 1.54) is 6.07 Å². The number of halogens is 1. The minimum Gasteiger partial charge on any atom is -0.478 e. The van der Waals surface area contributed by atoms with Crippen LogP contribution in [0.1, 0.15) is 40.9 Å². The number of anilines is 1. The molecule has 0 bridgehead atoms. The first kappa shape index (κ1) is 15.0. The molecule has 0 saturated carbocycles. The molecule has 0 aliphatic heterocycles. The van der Waals surface area contributed by atoms with Gasteiger partial charge in [0.2, 0.25) is 0 Å². The summed E-state index contributed by atoms with van der Waals surface area (Å²) >= 11 is 0. The van der Waals surface area contributed by atoms with Crippen molar-refractivity contribution in [3.8, 4) is 0 Å². The van der Waals surface area contributed by atoms with E-state index in [4.69, 9.17) is 5.11 Å². The van der Waals surface area contributed by atoms with Gasteiger partial charge in [-0.25, -0.2) is 9.18 Å². The number of nitrogens with one attached hydrogen (secondary N) is 1. The molecule has 110 valence electrons. The summed E-state index contributed by atoms with van der Waals surface area (Å²) in [6, 6.07) is 11.4. The fraction of sp³-hybridized carbons (Fsp3) is 0.235. The molecule has 2 aromatic carbocycles. The lowest BCUT2D eigenvalue weighted by molar-refractivity contribution is 0.0697. The van der Waals surface area contributed by atoms with Gasteiger partial charge in [-0.2, -0.15) is 0 Å². The second-order valence-electron chi connectivity index (χ2n) is 4.96. The van der Waals surface area contributed by atoms with E-state index in [1.807, 2.05) is 19.9 Å². The number of aromatic carboxylic acids is 1. The third-order valence-electron chi connectivity index (χ3n) is 3.49. The van der Waals surface area contributed by atoms with Crippen LogP contribution in [-0.4, -0.2) is 11.1 Å². The van der Waals surface area contributed by atoms with Crippen molar-refractivity contribution in [2.75, 3.05) is 5.32 Å². The number of rotatable bonds is 5. The van der Waals surface area contributed by atoms with Crippen molar-refractivity contribution < 1.29 is 14.3 Å². The number of carboxylic acid groups (broad SMARTS) is 1. The van der Waals surface area contributed by atoms with Gasteiger partial charge in [0, 0.05) is 11.3 Å². The molecular formula is C17H18FNO2. The molecule has 0 spiro atoms. The van der Waals surface area contributed by atoms with E-state index >= 15 is 0 Å². The lowest BCUT2D eigenvalue weighted by Crippen LogP contribution is -2.12. The van der Waals surface area contributed by atoms with Crippen molar-refractivity contribution in [2.24, 2.45) is 0 Å². The van der Waals surface area contributed by atoms with Crippen LogP contribution in [0.4, 0.5) is 10.1 Å². The van der Waals surface area contributed by atoms with Gasteiger partial charge in [-0.3, -0.25) is 0 Å². The molecule has 0 saturated heterocycles. The Kier molecular flexibility index (Phi) is 4.58. The van der Waals surface area contributed by atoms with Crippen molar-refractivity contribution in [2.45, 2.75) is 26.3 Å². The highest BCUT2D eigenvalue weighted by Gasteiger charge is 2.14. The molecular weight excluding hydrogens is 269 g/mol. The highest BCUT2D eigenvalue weighted by atomic mass is 19.1. The average Bonchev–Trinajstić information content (AvgIpc) is 2.47. The standard InChI is InChI=1S/C17H18FNO2/c1-3-15(13-6-4-5-7-14(13)18)19-16-9-8-12(17(20)21)10-11(16)2/h4-10,15,19H,3H2,1-2H3,(H,20,21). The highest BCUT2D eigenvalue weighted by molar-refractivity contribution is 5.88. The number of carboxylic acids is 1. The largest absolute Gasteiger partial charge is 0.478 e. The molecule has 0 radical (unpaired) electrons. The zero-order valence-electron chi connectivity index (χ0n) is 12.1. The van der Waals surface area contributed by atoms with Crippen molar-refractivity contribution in [1.29, 1.82) is 0 Å². The van der Waals surface area contributed by atoms with Gasteiger partial charge in [0.25, 0.3) is 0 Å². The Bertz CT molecular complexity index is 655. The lowest BCUT2D eigenvalue weighted by atomic mass is 10.0. The molecule has 0 aliphatic carbocycles. The predicted octanol–water partition coefficient (Wildman–Crippen LogP) is 4.40. The monoisotopic (exact) mass is 287 g/mol. The quantitative estimate of drug-likeness (QED) is 0.857. The molecule has 0 amide bonds. The molecule has 2 rings (SSSR count). The van der Waals surface area contributed by atoms with Crippen molar-refractivity contribution in [3.05, 3.63) is 65.0 Å². The third kappa shape index (κ3) is 3.40. The van der Waals surface area contributed by atoms with Gasteiger partial charge in [-0.15, -0.1) is 0 Å². The molecule has 4 heteroatoms. The zero-order chi connectivity index (χ0) is 15.4. The first-order valence-corrected chi connectivity index (χ1v) is 6.87. The van der Waals surface area contributed by atoms with Crippen molar-refractivity contribution in [1.82, 2.24) is 0 Å². The van der Waals surface area contributed by atoms with Crippen LogP contribution < -0.4 is 5.32 Å². The maximum absolute atomic E-state index is 13.9. The second kappa shape index (κ2) is 6.39. The molecule has 2 N–H and O–H groups in total. The first-order chi connectivity index (χ1) is 10.0. The Morgan fingerprint density at radius 2 is 2.00 bits per heavy atom. The summed E-state index contributed by atoms with van der Waals surface area (Å²) in [6.07, 6.45) is 0.723. The van der Waals surface area contributed by atoms with Crippen LogP contribution in [0.2, 0.25) is 0 Å². The van der Waals surface area contributed by atoms with Crippen LogP contribution in [0.3, 0.4) is 0 Å². The summed E-state index contributed by atoms with van der Waals surface area (Å²) < 4.78 is 13.9. The van der Waals surface area contributed by atoms with Crippen LogP contribution in [-0.2, 0) is 0 Å². The predicted molar refractivity (Wildman–Crippen MR) is 81.2 cm³/mol. The van der Waals surface area contributed by atoms with E-state index in [0.717, 1.165) is 17.7 Å². The lowest BCUT2D eigenvalue weighted by Gasteiger charge is -2.21. The van der Waals surface area contributed by atoms with Gasteiger partial charge < -0.3 is 10.4 Å². The number of hydrogen-bond donors (Lipinski definition) is 2. The van der Waals surface area contributed by atoms with Crippen molar-refractivity contribution in [3.63, 3.8) is 0 Å². The maximum atomic E-state index is 13.9. The number of hydrogen-bond acceptors (Lipinski definition) is 2. The van der Waals surface area contributed by atoms with E-state index in [0.29, 0.717) is 5.56 Å². The summed E-state index contributed by atoms with van der Waals surface area (Å²) in [5.41, 5.74) is 2.50. The fourth-order valence-corrected chi connectivity index (χ4v) is 2.30. The normalized spacial score (nSPS) is 12.0. The minimum absolute atomic E-state index is 0.152. The highest BCUT2D eigenvalue weighted by Crippen LogP contribution is 2.27. The van der Waals surface area contributed by atoms with Crippen LogP contribution >= 0.6 is 0 Å².